The van der Waals surface area contributed by atoms with Crippen molar-refractivity contribution in [3.63, 3.8) is 0 Å². The molecular formula is C19H21N3O2. The van der Waals surface area contributed by atoms with Crippen LogP contribution in [0.2, 0.25) is 0 Å². The van der Waals surface area contributed by atoms with Crippen LogP contribution >= 0.6 is 0 Å². The Morgan fingerprint density at radius 1 is 1.17 bits per heavy atom. The molecule has 0 radical (unpaired) electrons. The highest BCUT2D eigenvalue weighted by atomic mass is 16.3. The van der Waals surface area contributed by atoms with Crippen LogP contribution in [-0.2, 0) is 6.42 Å². The average molecular weight is 323 g/mol. The topological polar surface area (TPSA) is 64.9 Å². The van der Waals surface area contributed by atoms with Crippen LogP contribution in [0.5, 0.6) is 5.75 Å². The number of aromatic hydroxyl groups is 1. The van der Waals surface area contributed by atoms with Gasteiger partial charge in [0.05, 0.1) is 5.69 Å². The molecule has 0 bridgehead atoms. The first kappa shape index (κ1) is 16.1. The van der Waals surface area contributed by atoms with Crippen molar-refractivity contribution in [1.29, 1.82) is 0 Å². The Kier molecular flexibility index (Phi) is 4.79. The molecule has 5 heteroatoms. The van der Waals surface area contributed by atoms with E-state index in [4.69, 9.17) is 0 Å². The predicted octanol–water partition coefficient (Wildman–Crippen LogP) is 2.95. The van der Waals surface area contributed by atoms with Gasteiger partial charge < -0.3 is 10.4 Å². The van der Waals surface area contributed by atoms with Crippen LogP contribution in [0.1, 0.15) is 29.3 Å². The van der Waals surface area contributed by atoms with Gasteiger partial charge >= 0.3 is 0 Å². The van der Waals surface area contributed by atoms with Crippen molar-refractivity contribution in [2.45, 2.75) is 19.8 Å². The number of hydrazone groups is 1. The SMILES string of the molecule is CC1=NN(c2ccc(C(=O)NCCc3ccc(O)cc3)cc2)CC1. The number of hydrogen-bond acceptors (Lipinski definition) is 4. The van der Waals surface area contributed by atoms with Gasteiger partial charge in [-0.1, -0.05) is 12.1 Å². The Bertz CT molecular complexity index is 736. The molecule has 2 aromatic rings. The van der Waals surface area contributed by atoms with Crippen molar-refractivity contribution in [3.8, 4) is 5.75 Å². The van der Waals surface area contributed by atoms with Gasteiger partial charge in [-0.2, -0.15) is 5.10 Å². The number of nitrogens with one attached hydrogen (secondary N) is 1. The van der Waals surface area contributed by atoms with Crippen molar-refractivity contribution in [2.75, 3.05) is 18.1 Å². The number of hydrogen-bond donors (Lipinski definition) is 2. The van der Waals surface area contributed by atoms with Crippen molar-refractivity contribution in [2.24, 2.45) is 5.10 Å². The first-order chi connectivity index (χ1) is 11.6. The van der Waals surface area contributed by atoms with E-state index in [0.29, 0.717) is 12.1 Å². The summed E-state index contributed by atoms with van der Waals surface area (Å²) < 4.78 is 0. The van der Waals surface area contributed by atoms with Crippen LogP contribution in [0.15, 0.2) is 53.6 Å². The lowest BCUT2D eigenvalue weighted by Crippen LogP contribution is -2.25. The number of phenols is 1. The molecule has 3 rings (SSSR count). The van der Waals surface area contributed by atoms with Gasteiger partial charge in [0.2, 0.25) is 0 Å². The molecule has 24 heavy (non-hydrogen) atoms. The quantitative estimate of drug-likeness (QED) is 0.889. The molecule has 0 aromatic heterocycles. The molecule has 1 amide bonds. The van der Waals surface area contributed by atoms with E-state index in [2.05, 4.69) is 10.4 Å². The summed E-state index contributed by atoms with van der Waals surface area (Å²) in [7, 11) is 0. The van der Waals surface area contributed by atoms with Crippen LogP contribution in [-0.4, -0.2) is 29.8 Å². The zero-order valence-electron chi connectivity index (χ0n) is 13.7. The summed E-state index contributed by atoms with van der Waals surface area (Å²) in [6.07, 6.45) is 1.71. The maximum Gasteiger partial charge on any atom is 0.251 e. The minimum Gasteiger partial charge on any atom is -0.508 e. The van der Waals surface area contributed by atoms with Crippen molar-refractivity contribution >= 4 is 17.3 Å². The fourth-order valence-corrected chi connectivity index (χ4v) is 2.63. The van der Waals surface area contributed by atoms with E-state index < -0.39 is 0 Å². The Balaban J connectivity index is 1.52. The van der Waals surface area contributed by atoms with Crippen molar-refractivity contribution < 1.29 is 9.90 Å². The van der Waals surface area contributed by atoms with Gasteiger partial charge in [0.15, 0.2) is 0 Å². The van der Waals surface area contributed by atoms with Crippen LogP contribution < -0.4 is 10.3 Å². The molecule has 0 saturated carbocycles. The van der Waals surface area contributed by atoms with Gasteiger partial charge in [-0.25, -0.2) is 0 Å². The molecule has 1 heterocycles. The summed E-state index contributed by atoms with van der Waals surface area (Å²) >= 11 is 0. The molecule has 124 valence electrons. The summed E-state index contributed by atoms with van der Waals surface area (Å²) in [5.41, 5.74) is 3.86. The van der Waals surface area contributed by atoms with Gasteiger partial charge in [0, 0.05) is 30.8 Å². The summed E-state index contributed by atoms with van der Waals surface area (Å²) in [5, 5.41) is 18.6. The number of rotatable bonds is 5. The highest BCUT2D eigenvalue weighted by Crippen LogP contribution is 2.19. The molecule has 0 atom stereocenters. The van der Waals surface area contributed by atoms with Gasteiger partial charge in [-0.05, 0) is 55.3 Å². The lowest BCUT2D eigenvalue weighted by molar-refractivity contribution is 0.0954. The normalized spacial score (nSPS) is 13.7. The third-order valence-corrected chi connectivity index (χ3v) is 4.04. The van der Waals surface area contributed by atoms with Crippen molar-refractivity contribution in [3.05, 3.63) is 59.7 Å². The van der Waals surface area contributed by atoms with E-state index in [1.54, 1.807) is 12.1 Å². The van der Waals surface area contributed by atoms with Crippen LogP contribution in [0, 0.1) is 0 Å². The number of benzene rings is 2. The predicted molar refractivity (Wildman–Crippen MR) is 95.7 cm³/mol. The van der Waals surface area contributed by atoms with Gasteiger partial charge in [0.1, 0.15) is 5.75 Å². The maximum atomic E-state index is 12.2. The van der Waals surface area contributed by atoms with E-state index in [1.165, 1.54) is 0 Å². The summed E-state index contributed by atoms with van der Waals surface area (Å²) in [6, 6.07) is 14.5. The molecular weight excluding hydrogens is 302 g/mol. The maximum absolute atomic E-state index is 12.2. The largest absolute Gasteiger partial charge is 0.508 e. The Morgan fingerprint density at radius 3 is 2.50 bits per heavy atom. The zero-order valence-corrected chi connectivity index (χ0v) is 13.7. The second kappa shape index (κ2) is 7.17. The Morgan fingerprint density at radius 2 is 1.88 bits per heavy atom. The number of carbonyl (C=O) groups is 1. The van der Waals surface area contributed by atoms with E-state index in [0.717, 1.165) is 36.3 Å². The van der Waals surface area contributed by atoms with Gasteiger partial charge in [-0.15, -0.1) is 0 Å². The number of amides is 1. The standard InChI is InChI=1S/C19H21N3O2/c1-14-11-13-22(21-14)17-6-4-16(5-7-17)19(24)20-12-10-15-2-8-18(23)9-3-15/h2-9,23H,10-13H2,1H3,(H,20,24). The molecule has 2 N–H and O–H groups in total. The van der Waals surface area contributed by atoms with Crippen LogP contribution in [0.25, 0.3) is 0 Å². The van der Waals surface area contributed by atoms with Gasteiger partial charge in [-0.3, -0.25) is 9.80 Å². The molecule has 0 spiro atoms. The number of anilines is 1. The van der Waals surface area contributed by atoms with Gasteiger partial charge in [0.25, 0.3) is 5.91 Å². The van der Waals surface area contributed by atoms with E-state index >= 15 is 0 Å². The molecule has 5 nitrogen and oxygen atoms in total. The monoisotopic (exact) mass is 323 g/mol. The molecule has 0 saturated heterocycles. The molecule has 0 fully saturated rings. The van der Waals surface area contributed by atoms with E-state index in [-0.39, 0.29) is 11.7 Å². The van der Waals surface area contributed by atoms with Crippen molar-refractivity contribution in [1.82, 2.24) is 5.32 Å². The molecule has 2 aromatic carbocycles. The molecule has 1 aliphatic heterocycles. The number of nitrogens with zero attached hydrogens (tertiary/aromatic N) is 2. The molecule has 0 aliphatic carbocycles. The fourth-order valence-electron chi connectivity index (χ4n) is 2.63. The average Bonchev–Trinajstić information content (AvgIpc) is 3.03. The minimum atomic E-state index is -0.0820. The smallest absolute Gasteiger partial charge is 0.251 e. The number of carbonyl (C=O) groups excluding carboxylic acids is 1. The number of phenolic OH excluding ortho intramolecular Hbond substituents is 1. The summed E-state index contributed by atoms with van der Waals surface area (Å²) in [6.45, 7) is 3.47. The first-order valence-electron chi connectivity index (χ1n) is 8.09. The highest BCUT2D eigenvalue weighted by Gasteiger charge is 2.13. The molecule has 0 unspecified atom stereocenters. The second-order valence-corrected chi connectivity index (χ2v) is 5.93. The summed E-state index contributed by atoms with van der Waals surface area (Å²) in [4.78, 5) is 12.2. The third kappa shape index (κ3) is 3.93. The van der Waals surface area contributed by atoms with E-state index in [1.807, 2.05) is 48.3 Å². The third-order valence-electron chi connectivity index (χ3n) is 4.04. The lowest BCUT2D eigenvalue weighted by atomic mass is 10.1. The fraction of sp³-hybridized carbons (Fsp3) is 0.263. The first-order valence-corrected chi connectivity index (χ1v) is 8.09. The zero-order chi connectivity index (χ0) is 16.9. The second-order valence-electron chi connectivity index (χ2n) is 5.93. The summed E-state index contributed by atoms with van der Waals surface area (Å²) in [5.74, 6) is 0.168. The Hall–Kier alpha value is -2.82. The highest BCUT2D eigenvalue weighted by molar-refractivity contribution is 5.94. The lowest BCUT2D eigenvalue weighted by Gasteiger charge is -2.14. The Labute approximate surface area is 141 Å². The van der Waals surface area contributed by atoms with E-state index in [9.17, 15) is 9.90 Å². The minimum absolute atomic E-state index is 0.0820. The molecule has 1 aliphatic rings. The van der Waals surface area contributed by atoms with Crippen LogP contribution in [0.4, 0.5) is 5.69 Å². The van der Waals surface area contributed by atoms with Crippen LogP contribution in [0.3, 0.4) is 0 Å².